The van der Waals surface area contributed by atoms with E-state index >= 15 is 0 Å². The van der Waals surface area contributed by atoms with Crippen molar-refractivity contribution in [3.63, 3.8) is 0 Å². The third-order valence-electron chi connectivity index (χ3n) is 4.31. The van der Waals surface area contributed by atoms with Crippen LogP contribution in [0.4, 0.5) is 18.9 Å². The second-order valence-corrected chi connectivity index (χ2v) is 6.57. The van der Waals surface area contributed by atoms with E-state index in [1.54, 1.807) is 30.3 Å². The maximum atomic E-state index is 14.1. The number of rotatable bonds is 4. The summed E-state index contributed by atoms with van der Waals surface area (Å²) in [6, 6.07) is 14.2. The Morgan fingerprint density at radius 1 is 0.828 bits per heavy atom. The van der Waals surface area contributed by atoms with Crippen LogP contribution in [-0.4, -0.2) is 5.16 Å². The van der Waals surface area contributed by atoms with E-state index < -0.39 is 17.3 Å². The Labute approximate surface area is 172 Å². The molecule has 0 saturated heterocycles. The van der Waals surface area contributed by atoms with Gasteiger partial charge in [0.1, 0.15) is 11.5 Å². The molecule has 29 heavy (non-hydrogen) atoms. The number of thiocarbonyl (C=S) groups is 1. The molecule has 0 atom stereocenters. The Hall–Kier alpha value is -3.19. The quantitative estimate of drug-likeness (QED) is 0.261. The molecule has 0 radical (unpaired) electrons. The highest BCUT2D eigenvalue weighted by Gasteiger charge is 2.11. The zero-order valence-electron chi connectivity index (χ0n) is 15.6. The highest BCUT2D eigenvalue weighted by atomic mass is 32.1. The van der Waals surface area contributed by atoms with Crippen molar-refractivity contribution in [2.24, 2.45) is 4.99 Å². The summed E-state index contributed by atoms with van der Waals surface area (Å²) < 4.78 is 42.1. The van der Waals surface area contributed by atoms with Crippen LogP contribution in [0.1, 0.15) is 30.0 Å². The summed E-state index contributed by atoms with van der Waals surface area (Å²) in [6.45, 7) is 2.04. The van der Waals surface area contributed by atoms with Gasteiger partial charge in [0, 0.05) is 5.56 Å². The third-order valence-corrected chi connectivity index (χ3v) is 4.40. The molecule has 0 amide bonds. The Balaban J connectivity index is 1.83. The molecule has 0 aromatic heterocycles. The van der Waals surface area contributed by atoms with E-state index in [1.807, 2.05) is 18.2 Å². The van der Waals surface area contributed by atoms with Gasteiger partial charge in [-0.25, -0.2) is 13.2 Å². The van der Waals surface area contributed by atoms with E-state index in [4.69, 9.17) is 0 Å². The summed E-state index contributed by atoms with van der Waals surface area (Å²) in [4.78, 5) is 3.40. The van der Waals surface area contributed by atoms with Crippen LogP contribution >= 0.6 is 12.2 Å². The highest BCUT2D eigenvalue weighted by molar-refractivity contribution is 7.78. The van der Waals surface area contributed by atoms with Crippen molar-refractivity contribution < 1.29 is 13.2 Å². The van der Waals surface area contributed by atoms with Crippen molar-refractivity contribution in [3.8, 4) is 23.0 Å². The van der Waals surface area contributed by atoms with Crippen molar-refractivity contribution in [3.05, 3.63) is 88.7 Å². The molecule has 0 spiro atoms. The molecule has 0 heterocycles. The Morgan fingerprint density at radius 2 is 1.52 bits per heavy atom. The summed E-state index contributed by atoms with van der Waals surface area (Å²) in [5, 5.41) is 1.96. The molecule has 0 fully saturated rings. The first-order chi connectivity index (χ1) is 14.0. The molecule has 0 aliphatic heterocycles. The second kappa shape index (κ2) is 9.34. The number of aliphatic imine (C=N–C) groups is 1. The minimum absolute atomic E-state index is 0.327. The van der Waals surface area contributed by atoms with Gasteiger partial charge in [-0.05, 0) is 71.7 Å². The molecule has 3 aromatic carbocycles. The Bertz CT molecular complexity index is 1130. The molecule has 0 N–H and O–H groups in total. The van der Waals surface area contributed by atoms with Crippen LogP contribution in [0.3, 0.4) is 0 Å². The van der Waals surface area contributed by atoms with Crippen LogP contribution in [0.25, 0.3) is 11.1 Å². The van der Waals surface area contributed by atoms with Crippen LogP contribution in [0.2, 0.25) is 0 Å². The lowest BCUT2D eigenvalue weighted by atomic mass is 10.0. The topological polar surface area (TPSA) is 12.4 Å². The van der Waals surface area contributed by atoms with Crippen LogP contribution in [0.5, 0.6) is 0 Å². The van der Waals surface area contributed by atoms with E-state index in [-0.39, 0.29) is 5.82 Å². The molecule has 3 rings (SSSR count). The number of benzene rings is 3. The predicted molar refractivity (Wildman–Crippen MR) is 113 cm³/mol. The van der Waals surface area contributed by atoms with Gasteiger partial charge in [0.25, 0.3) is 0 Å². The van der Waals surface area contributed by atoms with Crippen LogP contribution in [0.15, 0.2) is 59.6 Å². The van der Waals surface area contributed by atoms with Gasteiger partial charge in [-0.15, -0.1) is 0 Å². The maximum Gasteiger partial charge on any atom is 0.153 e. The molecular weight excluding hydrogens is 391 g/mol. The Kier molecular flexibility index (Phi) is 6.61. The van der Waals surface area contributed by atoms with Gasteiger partial charge in [0.2, 0.25) is 0 Å². The first kappa shape index (κ1) is 20.5. The van der Waals surface area contributed by atoms with Crippen molar-refractivity contribution in [2.45, 2.75) is 19.8 Å². The van der Waals surface area contributed by atoms with Gasteiger partial charge in [0.05, 0.1) is 10.7 Å². The fourth-order valence-electron chi connectivity index (χ4n) is 2.87. The van der Waals surface area contributed by atoms with Crippen LogP contribution in [0, 0.1) is 29.3 Å². The van der Waals surface area contributed by atoms with E-state index in [0.717, 1.165) is 18.4 Å². The van der Waals surface area contributed by atoms with Gasteiger partial charge in [-0.1, -0.05) is 43.4 Å². The fraction of sp³-hybridized carbons (Fsp3) is 0.125. The average molecular weight is 407 g/mol. The highest BCUT2D eigenvalue weighted by Crippen LogP contribution is 2.29. The maximum absolute atomic E-state index is 14.1. The summed E-state index contributed by atoms with van der Waals surface area (Å²) in [5.74, 6) is 3.76. The van der Waals surface area contributed by atoms with Crippen molar-refractivity contribution in [2.75, 3.05) is 0 Å². The van der Waals surface area contributed by atoms with Gasteiger partial charge in [-0.3, -0.25) is 0 Å². The van der Waals surface area contributed by atoms with E-state index in [0.29, 0.717) is 22.3 Å². The molecule has 0 bridgehead atoms. The van der Waals surface area contributed by atoms with E-state index in [2.05, 4.69) is 29.1 Å². The van der Waals surface area contributed by atoms with Gasteiger partial charge < -0.3 is 0 Å². The molecule has 1 nitrogen and oxygen atoms in total. The third kappa shape index (κ3) is 5.00. The molecule has 0 aliphatic carbocycles. The molecule has 0 aliphatic rings. The first-order valence-electron chi connectivity index (χ1n) is 8.99. The molecule has 0 unspecified atom stereocenters. The number of isothiocyanates is 1. The van der Waals surface area contributed by atoms with Crippen LogP contribution in [-0.2, 0) is 6.42 Å². The fourth-order valence-corrected chi connectivity index (χ4v) is 2.97. The Morgan fingerprint density at radius 3 is 2.10 bits per heavy atom. The van der Waals surface area contributed by atoms with Crippen LogP contribution < -0.4 is 0 Å². The van der Waals surface area contributed by atoms with Crippen molar-refractivity contribution in [1.82, 2.24) is 0 Å². The predicted octanol–water partition coefficient (Wildman–Crippen LogP) is 6.86. The minimum Gasteiger partial charge on any atom is -0.206 e. The minimum atomic E-state index is -0.816. The lowest BCUT2D eigenvalue weighted by Gasteiger charge is -2.05. The summed E-state index contributed by atoms with van der Waals surface area (Å²) in [7, 11) is 0. The summed E-state index contributed by atoms with van der Waals surface area (Å²) in [6.07, 6.45) is 1.78. The zero-order valence-corrected chi connectivity index (χ0v) is 16.4. The normalized spacial score (nSPS) is 10.1. The monoisotopic (exact) mass is 407 g/mol. The largest absolute Gasteiger partial charge is 0.206 e. The average Bonchev–Trinajstić information content (AvgIpc) is 2.70. The standard InChI is InChI=1S/C24H16F3NS/c1-2-3-17-7-11-19(21(25)12-17)10-6-16-4-8-18(9-5-16)20-13-22(26)24(28-15-29)23(27)14-20/h4-5,7-9,11-14H,2-3H2,1H3. The summed E-state index contributed by atoms with van der Waals surface area (Å²) in [5.41, 5.74) is 2.45. The van der Waals surface area contributed by atoms with Crippen molar-refractivity contribution in [1.29, 1.82) is 0 Å². The SMILES string of the molecule is CCCc1ccc(C#Cc2ccc(-c3cc(F)c(N=C=S)c(F)c3)cc2)c(F)c1. The van der Waals surface area contributed by atoms with E-state index in [1.165, 1.54) is 18.2 Å². The van der Waals surface area contributed by atoms with Gasteiger partial charge in [-0.2, -0.15) is 4.99 Å². The van der Waals surface area contributed by atoms with Gasteiger partial charge >= 0.3 is 0 Å². The lowest BCUT2D eigenvalue weighted by molar-refractivity contribution is 0.588. The number of nitrogens with zero attached hydrogens (tertiary/aromatic N) is 1. The zero-order chi connectivity index (χ0) is 20.8. The van der Waals surface area contributed by atoms with Gasteiger partial charge in [0.15, 0.2) is 11.6 Å². The second-order valence-electron chi connectivity index (χ2n) is 6.38. The number of halogens is 3. The first-order valence-corrected chi connectivity index (χ1v) is 9.40. The summed E-state index contributed by atoms with van der Waals surface area (Å²) >= 11 is 4.39. The molecule has 5 heteroatoms. The number of aryl methyl sites for hydroxylation is 1. The smallest absolute Gasteiger partial charge is 0.153 e. The van der Waals surface area contributed by atoms with E-state index in [9.17, 15) is 13.2 Å². The molecule has 144 valence electrons. The number of hydrogen-bond donors (Lipinski definition) is 0. The lowest BCUT2D eigenvalue weighted by Crippen LogP contribution is -1.89. The molecular formula is C24H16F3NS. The molecule has 0 saturated carbocycles. The molecule has 3 aromatic rings. The number of hydrogen-bond acceptors (Lipinski definition) is 2. The van der Waals surface area contributed by atoms with Crippen molar-refractivity contribution >= 4 is 23.1 Å².